The number of Topliss-reactive ketones (excluding diaryl/α,β-unsaturated/α-hetero) is 1. The van der Waals surface area contributed by atoms with Crippen LogP contribution >= 0.6 is 0 Å². The zero-order chi connectivity index (χ0) is 13.2. The van der Waals surface area contributed by atoms with Crippen LogP contribution in [0.4, 0.5) is 13.2 Å². The van der Waals surface area contributed by atoms with Gasteiger partial charge in [-0.25, -0.2) is 0 Å². The molecule has 0 spiro atoms. The van der Waals surface area contributed by atoms with Gasteiger partial charge in [0.15, 0.2) is 5.78 Å². The number of fused-ring (bicyclic) bond motifs is 2. The van der Waals surface area contributed by atoms with Crippen LogP contribution < -0.4 is 5.11 Å². The fraction of sp³-hybridized carbons (Fsp3) is 0.750. The molecule has 0 amide bonds. The molecule has 5 heteroatoms. The highest BCUT2D eigenvalue weighted by Crippen LogP contribution is 2.66. The van der Waals surface area contributed by atoms with Gasteiger partial charge in [0.25, 0.3) is 0 Å². The summed E-state index contributed by atoms with van der Waals surface area (Å²) in [6.45, 7) is 5.23. The van der Waals surface area contributed by atoms with Crippen molar-refractivity contribution in [1.82, 2.24) is 0 Å². The van der Waals surface area contributed by atoms with Crippen molar-refractivity contribution < 1.29 is 23.1 Å². The monoisotopic (exact) mass is 247 g/mol. The van der Waals surface area contributed by atoms with Gasteiger partial charge >= 0.3 is 6.18 Å². The summed E-state index contributed by atoms with van der Waals surface area (Å²) in [5.74, 6) is -3.08. The fourth-order valence-electron chi connectivity index (χ4n) is 3.28. The zero-order valence-corrected chi connectivity index (χ0v) is 9.94. The van der Waals surface area contributed by atoms with Crippen molar-refractivity contribution in [1.29, 1.82) is 0 Å². The Labute approximate surface area is 97.5 Å². The molecule has 2 aliphatic rings. The van der Waals surface area contributed by atoms with Crippen molar-refractivity contribution >= 4 is 5.78 Å². The van der Waals surface area contributed by atoms with Crippen molar-refractivity contribution in [2.45, 2.75) is 39.8 Å². The van der Waals surface area contributed by atoms with Crippen LogP contribution in [0, 0.1) is 16.7 Å². The van der Waals surface area contributed by atoms with Crippen LogP contribution in [0.5, 0.6) is 0 Å². The maximum absolute atomic E-state index is 12.5. The lowest BCUT2D eigenvalue weighted by atomic mass is 9.70. The molecule has 2 bridgehead atoms. The van der Waals surface area contributed by atoms with E-state index in [2.05, 4.69) is 0 Å². The minimum absolute atomic E-state index is 0.492. The summed E-state index contributed by atoms with van der Waals surface area (Å²) in [6.07, 6.45) is -3.88. The number of rotatable bonds is 0. The summed E-state index contributed by atoms with van der Waals surface area (Å²) in [7, 11) is 0. The van der Waals surface area contributed by atoms with Gasteiger partial charge in [0.05, 0.1) is 0 Å². The molecule has 0 aliphatic heterocycles. The van der Waals surface area contributed by atoms with Crippen LogP contribution in [0.25, 0.3) is 0 Å². The van der Waals surface area contributed by atoms with Crippen LogP contribution in [0.3, 0.4) is 0 Å². The molecule has 2 nitrogen and oxygen atoms in total. The van der Waals surface area contributed by atoms with Crippen molar-refractivity contribution in [3.05, 3.63) is 11.3 Å². The van der Waals surface area contributed by atoms with E-state index in [0.717, 1.165) is 0 Å². The quantitative estimate of drug-likeness (QED) is 0.486. The Balaban J connectivity index is 2.60. The van der Waals surface area contributed by atoms with Crippen molar-refractivity contribution in [2.75, 3.05) is 0 Å². The van der Waals surface area contributed by atoms with E-state index in [0.29, 0.717) is 12.8 Å². The number of carbonyl (C=O) groups is 1. The maximum Gasteiger partial charge on any atom is 0.402 e. The molecule has 0 aromatic carbocycles. The first-order chi connectivity index (χ1) is 7.53. The van der Waals surface area contributed by atoms with E-state index < -0.39 is 40.0 Å². The second kappa shape index (κ2) is 3.06. The lowest BCUT2D eigenvalue weighted by Crippen LogP contribution is -2.34. The minimum atomic E-state index is -4.94. The van der Waals surface area contributed by atoms with E-state index >= 15 is 0 Å². The van der Waals surface area contributed by atoms with Gasteiger partial charge in [0.1, 0.15) is 0 Å². The molecule has 2 saturated carbocycles. The largest absolute Gasteiger partial charge is 0.869 e. The van der Waals surface area contributed by atoms with Crippen LogP contribution in [-0.2, 0) is 4.79 Å². The van der Waals surface area contributed by atoms with Crippen molar-refractivity contribution in [3.63, 3.8) is 0 Å². The van der Waals surface area contributed by atoms with Crippen LogP contribution in [0.1, 0.15) is 33.6 Å². The van der Waals surface area contributed by atoms with Crippen molar-refractivity contribution in [2.24, 2.45) is 16.7 Å². The number of hydrogen-bond acceptors (Lipinski definition) is 2. The molecule has 0 saturated heterocycles. The standard InChI is InChI=1S/C12H15F3O2/c1-10(2)6-4-5-11(10,3)8(16)7(6)9(17)12(13,14)15/h6,17H,4-5H2,1-3H3/p-1/b9-7-. The molecule has 0 aromatic rings. The van der Waals surface area contributed by atoms with Gasteiger partial charge in [-0.3, -0.25) is 4.79 Å². The molecule has 2 rings (SSSR count). The Hall–Kier alpha value is -1.00. The summed E-state index contributed by atoms with van der Waals surface area (Å²) in [5.41, 5.74) is -1.88. The SMILES string of the molecule is CC12CCC(/C(=C(/[O-])C(F)(F)F)C1=O)C2(C)C. The first-order valence-electron chi connectivity index (χ1n) is 5.56. The smallest absolute Gasteiger partial charge is 0.402 e. The van der Waals surface area contributed by atoms with E-state index in [4.69, 9.17) is 0 Å². The normalized spacial score (nSPS) is 38.7. The van der Waals surface area contributed by atoms with Gasteiger partial charge in [-0.15, -0.1) is 0 Å². The van der Waals surface area contributed by atoms with Gasteiger partial charge < -0.3 is 5.11 Å². The first-order valence-corrected chi connectivity index (χ1v) is 5.56. The molecule has 2 unspecified atom stereocenters. The second-order valence-corrected chi connectivity index (χ2v) is 5.71. The lowest BCUT2D eigenvalue weighted by Gasteiger charge is -2.31. The average molecular weight is 247 g/mol. The number of hydrogen-bond donors (Lipinski definition) is 0. The molecule has 0 N–H and O–H groups in total. The average Bonchev–Trinajstić information content (AvgIpc) is 2.47. The van der Waals surface area contributed by atoms with Gasteiger partial charge in [-0.05, 0) is 35.5 Å². The fourth-order valence-corrected chi connectivity index (χ4v) is 3.28. The lowest BCUT2D eigenvalue weighted by molar-refractivity contribution is -0.362. The first kappa shape index (κ1) is 12.5. The van der Waals surface area contributed by atoms with Gasteiger partial charge in [-0.2, -0.15) is 13.2 Å². The summed E-state index contributed by atoms with van der Waals surface area (Å²) in [6, 6.07) is 0. The highest BCUT2D eigenvalue weighted by atomic mass is 19.4. The van der Waals surface area contributed by atoms with E-state index in [1.807, 2.05) is 0 Å². The summed E-state index contributed by atoms with van der Waals surface area (Å²) in [4.78, 5) is 12.0. The van der Waals surface area contributed by atoms with E-state index in [9.17, 15) is 23.1 Å². The number of ketones is 1. The number of halogens is 3. The number of alkyl halides is 3. The maximum atomic E-state index is 12.5. The Morgan fingerprint density at radius 3 is 2.24 bits per heavy atom. The summed E-state index contributed by atoms with van der Waals surface area (Å²) < 4.78 is 37.4. The molecule has 0 aromatic heterocycles. The Morgan fingerprint density at radius 1 is 1.35 bits per heavy atom. The molecule has 2 atom stereocenters. The molecule has 17 heavy (non-hydrogen) atoms. The number of carbonyl (C=O) groups excluding carboxylic acids is 1. The minimum Gasteiger partial charge on any atom is -0.869 e. The highest BCUT2D eigenvalue weighted by Gasteiger charge is 2.64. The summed E-state index contributed by atoms with van der Waals surface area (Å²) >= 11 is 0. The third kappa shape index (κ3) is 1.31. The Kier molecular flexibility index (Phi) is 2.24. The predicted molar refractivity (Wildman–Crippen MR) is 52.7 cm³/mol. The van der Waals surface area contributed by atoms with Gasteiger partial charge in [-0.1, -0.05) is 20.8 Å². The van der Waals surface area contributed by atoms with Gasteiger partial charge in [0, 0.05) is 5.41 Å². The van der Waals surface area contributed by atoms with E-state index in [-0.39, 0.29) is 0 Å². The van der Waals surface area contributed by atoms with Crippen molar-refractivity contribution in [3.8, 4) is 0 Å². The molecule has 2 fully saturated rings. The van der Waals surface area contributed by atoms with Crippen LogP contribution in [0.15, 0.2) is 11.3 Å². The van der Waals surface area contributed by atoms with Crippen LogP contribution in [-0.4, -0.2) is 12.0 Å². The zero-order valence-electron chi connectivity index (χ0n) is 9.94. The molecule has 0 radical (unpaired) electrons. The second-order valence-electron chi connectivity index (χ2n) is 5.71. The third-order valence-electron chi connectivity index (χ3n) is 4.82. The highest BCUT2D eigenvalue weighted by molar-refractivity contribution is 6.05. The molecule has 2 aliphatic carbocycles. The molecule has 0 heterocycles. The topological polar surface area (TPSA) is 40.1 Å². The molecular formula is C12H14F3O2-. The molecular weight excluding hydrogens is 233 g/mol. The predicted octanol–water partition coefficient (Wildman–Crippen LogP) is 2.19. The van der Waals surface area contributed by atoms with E-state index in [1.54, 1.807) is 20.8 Å². The number of allylic oxidation sites excluding steroid dienone is 2. The molecule has 96 valence electrons. The van der Waals surface area contributed by atoms with Crippen LogP contribution in [0.2, 0.25) is 0 Å². The summed E-state index contributed by atoms with van der Waals surface area (Å²) in [5, 5.41) is 11.3. The van der Waals surface area contributed by atoms with Gasteiger partial charge in [0.2, 0.25) is 0 Å². The third-order valence-corrected chi connectivity index (χ3v) is 4.82. The Bertz CT molecular complexity index is 420. The Morgan fingerprint density at radius 2 is 1.88 bits per heavy atom. The van der Waals surface area contributed by atoms with E-state index in [1.165, 1.54) is 0 Å².